The van der Waals surface area contributed by atoms with Crippen LogP contribution in [0.4, 0.5) is 0 Å². The van der Waals surface area contributed by atoms with E-state index in [0.717, 1.165) is 0 Å². The van der Waals surface area contributed by atoms with Crippen molar-refractivity contribution in [2.24, 2.45) is 0 Å². The van der Waals surface area contributed by atoms with Gasteiger partial charge in [0.1, 0.15) is 0 Å². The van der Waals surface area contributed by atoms with Crippen molar-refractivity contribution in [3.05, 3.63) is 21.9 Å². The predicted molar refractivity (Wildman–Crippen MR) is 78.3 cm³/mol. The Labute approximate surface area is 114 Å². The molecule has 3 heterocycles. The number of rotatable bonds is 3. The molecule has 1 fully saturated rings. The summed E-state index contributed by atoms with van der Waals surface area (Å²) in [5.41, 5.74) is 1.97. The normalized spacial score (nSPS) is 32.7. The molecule has 2 nitrogen and oxygen atoms in total. The van der Waals surface area contributed by atoms with Crippen LogP contribution in [0.15, 0.2) is 11.4 Å². The fourth-order valence-corrected chi connectivity index (χ4v) is 4.55. The number of nitrogens with zero attached hydrogens (tertiary/aromatic N) is 1. The molecule has 0 amide bonds. The monoisotopic (exact) mass is 264 g/mol. The third kappa shape index (κ3) is 2.13. The summed E-state index contributed by atoms with van der Waals surface area (Å²) < 4.78 is 0. The van der Waals surface area contributed by atoms with Crippen molar-refractivity contribution in [2.75, 3.05) is 19.6 Å². The third-order valence-corrected chi connectivity index (χ3v) is 5.91. The van der Waals surface area contributed by atoms with Crippen LogP contribution in [-0.2, 0) is 6.42 Å². The van der Waals surface area contributed by atoms with E-state index in [1.54, 1.807) is 10.4 Å². The molecule has 0 radical (unpaired) electrons. The quantitative estimate of drug-likeness (QED) is 0.902. The summed E-state index contributed by atoms with van der Waals surface area (Å²) in [6, 6.07) is 2.93. The van der Waals surface area contributed by atoms with Crippen molar-refractivity contribution in [1.82, 2.24) is 10.2 Å². The van der Waals surface area contributed by atoms with Crippen molar-refractivity contribution in [2.45, 2.75) is 51.1 Å². The van der Waals surface area contributed by atoms with Gasteiger partial charge in [0.05, 0.1) is 0 Å². The molecular formula is C15H24N2S. The largest absolute Gasteiger partial charge is 0.310 e. The summed E-state index contributed by atoms with van der Waals surface area (Å²) >= 11 is 1.94. The molecular weight excluding hydrogens is 240 g/mol. The minimum absolute atomic E-state index is 0.391. The first-order chi connectivity index (χ1) is 8.74. The van der Waals surface area contributed by atoms with Crippen LogP contribution in [0.3, 0.4) is 0 Å². The Kier molecular flexibility index (Phi) is 3.48. The molecule has 0 aliphatic carbocycles. The highest BCUT2D eigenvalue weighted by molar-refractivity contribution is 7.10. The Bertz CT molecular complexity index is 406. The van der Waals surface area contributed by atoms with Crippen molar-refractivity contribution >= 4 is 11.3 Å². The van der Waals surface area contributed by atoms with Crippen molar-refractivity contribution in [3.8, 4) is 0 Å². The van der Waals surface area contributed by atoms with E-state index in [2.05, 4.69) is 35.5 Å². The molecule has 3 heteroatoms. The van der Waals surface area contributed by atoms with Crippen LogP contribution >= 0.6 is 11.3 Å². The second kappa shape index (κ2) is 4.95. The van der Waals surface area contributed by atoms with Crippen molar-refractivity contribution in [3.63, 3.8) is 0 Å². The van der Waals surface area contributed by atoms with Crippen molar-refractivity contribution in [1.29, 1.82) is 0 Å². The van der Waals surface area contributed by atoms with E-state index >= 15 is 0 Å². The Balaban J connectivity index is 1.74. The number of hydrogen-bond acceptors (Lipinski definition) is 3. The molecule has 0 aromatic carbocycles. The van der Waals surface area contributed by atoms with E-state index in [9.17, 15) is 0 Å². The van der Waals surface area contributed by atoms with E-state index in [0.29, 0.717) is 11.6 Å². The van der Waals surface area contributed by atoms with Crippen LogP contribution in [0.25, 0.3) is 0 Å². The first-order valence-corrected chi connectivity index (χ1v) is 8.17. The molecule has 1 saturated heterocycles. The minimum Gasteiger partial charge on any atom is -0.310 e. The van der Waals surface area contributed by atoms with E-state index in [4.69, 9.17) is 0 Å². The number of nitrogens with one attached hydrogen (secondary N) is 1. The fourth-order valence-electron chi connectivity index (χ4n) is 3.58. The van der Waals surface area contributed by atoms with Crippen LogP contribution in [0.1, 0.15) is 49.6 Å². The maximum Gasteiger partial charge on any atom is 0.0331 e. The first-order valence-electron chi connectivity index (χ1n) is 7.29. The van der Waals surface area contributed by atoms with Crippen LogP contribution in [0.5, 0.6) is 0 Å². The highest BCUT2D eigenvalue weighted by atomic mass is 32.1. The summed E-state index contributed by atoms with van der Waals surface area (Å²) in [5.74, 6) is 0. The topological polar surface area (TPSA) is 15.3 Å². The lowest BCUT2D eigenvalue weighted by Gasteiger charge is -2.40. The average molecular weight is 264 g/mol. The van der Waals surface area contributed by atoms with Gasteiger partial charge in [-0.1, -0.05) is 6.92 Å². The molecule has 0 bridgehead atoms. The zero-order valence-corrected chi connectivity index (χ0v) is 12.4. The van der Waals surface area contributed by atoms with Gasteiger partial charge in [-0.15, -0.1) is 11.3 Å². The predicted octanol–water partition coefficient (Wildman–Crippen LogP) is 3.20. The lowest BCUT2D eigenvalue weighted by atomic mass is 9.91. The second-order valence-electron chi connectivity index (χ2n) is 5.86. The molecule has 3 rings (SSSR count). The van der Waals surface area contributed by atoms with Crippen LogP contribution in [0, 0.1) is 0 Å². The van der Waals surface area contributed by atoms with Crippen molar-refractivity contribution < 1.29 is 0 Å². The maximum atomic E-state index is 3.77. The zero-order chi connectivity index (χ0) is 12.6. The Morgan fingerprint density at radius 3 is 3.17 bits per heavy atom. The minimum atomic E-state index is 0.391. The lowest BCUT2D eigenvalue weighted by Crippen LogP contribution is -2.51. The van der Waals surface area contributed by atoms with Gasteiger partial charge in [0, 0.05) is 29.5 Å². The van der Waals surface area contributed by atoms with Crippen LogP contribution in [-0.4, -0.2) is 30.1 Å². The smallest absolute Gasteiger partial charge is 0.0331 e. The molecule has 18 heavy (non-hydrogen) atoms. The van der Waals surface area contributed by atoms with Gasteiger partial charge in [0.15, 0.2) is 0 Å². The SMILES string of the molecule is CCC1(CN2CCc3sccc3C2C)CCCN1. The van der Waals surface area contributed by atoms with Crippen LogP contribution in [0.2, 0.25) is 0 Å². The van der Waals surface area contributed by atoms with Gasteiger partial charge in [-0.2, -0.15) is 0 Å². The van der Waals surface area contributed by atoms with Gasteiger partial charge in [0.25, 0.3) is 0 Å². The molecule has 2 aliphatic heterocycles. The molecule has 2 atom stereocenters. The summed E-state index contributed by atoms with van der Waals surface area (Å²) in [7, 11) is 0. The zero-order valence-electron chi connectivity index (χ0n) is 11.5. The summed E-state index contributed by atoms with van der Waals surface area (Å²) in [5, 5.41) is 6.02. The van der Waals surface area contributed by atoms with Gasteiger partial charge in [-0.3, -0.25) is 4.90 Å². The van der Waals surface area contributed by atoms with E-state index in [1.165, 1.54) is 45.3 Å². The molecule has 1 aromatic rings. The Morgan fingerprint density at radius 1 is 1.56 bits per heavy atom. The molecule has 2 unspecified atom stereocenters. The molecule has 1 N–H and O–H groups in total. The first kappa shape index (κ1) is 12.6. The molecule has 0 spiro atoms. The molecule has 0 saturated carbocycles. The number of hydrogen-bond donors (Lipinski definition) is 1. The highest BCUT2D eigenvalue weighted by Crippen LogP contribution is 2.35. The summed E-state index contributed by atoms with van der Waals surface area (Å²) in [4.78, 5) is 4.31. The van der Waals surface area contributed by atoms with Gasteiger partial charge < -0.3 is 5.32 Å². The Morgan fingerprint density at radius 2 is 2.44 bits per heavy atom. The van der Waals surface area contributed by atoms with E-state index < -0.39 is 0 Å². The average Bonchev–Trinajstić information content (AvgIpc) is 3.03. The van der Waals surface area contributed by atoms with E-state index in [1.807, 2.05) is 11.3 Å². The molecule has 2 aliphatic rings. The van der Waals surface area contributed by atoms with E-state index in [-0.39, 0.29) is 0 Å². The Hall–Kier alpha value is -0.380. The lowest BCUT2D eigenvalue weighted by molar-refractivity contribution is 0.139. The van der Waals surface area contributed by atoms with Gasteiger partial charge in [-0.05, 0) is 56.2 Å². The molecule has 1 aromatic heterocycles. The van der Waals surface area contributed by atoms with Gasteiger partial charge in [-0.25, -0.2) is 0 Å². The maximum absolute atomic E-state index is 3.77. The highest BCUT2D eigenvalue weighted by Gasteiger charge is 2.36. The third-order valence-electron chi connectivity index (χ3n) is 4.92. The fraction of sp³-hybridized carbons (Fsp3) is 0.733. The summed E-state index contributed by atoms with van der Waals surface area (Å²) in [6.45, 7) is 8.38. The second-order valence-corrected chi connectivity index (χ2v) is 6.86. The number of thiophene rings is 1. The van der Waals surface area contributed by atoms with Gasteiger partial charge in [0.2, 0.25) is 0 Å². The standard InChI is InChI=1S/C15H24N2S/c1-3-15(7-4-8-16-15)11-17-9-5-14-13(12(17)2)6-10-18-14/h6,10,12,16H,3-5,7-9,11H2,1-2H3. The van der Waals surface area contributed by atoms with Gasteiger partial charge >= 0.3 is 0 Å². The molecule has 100 valence electrons. The van der Waals surface area contributed by atoms with Crippen LogP contribution < -0.4 is 5.32 Å². The number of fused-ring (bicyclic) bond motifs is 1. The summed E-state index contributed by atoms with van der Waals surface area (Å²) in [6.07, 6.45) is 5.20.